The molecule has 0 aliphatic rings. The minimum atomic E-state index is -0.206. The smallest absolute Gasteiger partial charge is 0.287 e. The van der Waals surface area contributed by atoms with Gasteiger partial charge in [0.25, 0.3) is 5.91 Å². The van der Waals surface area contributed by atoms with Gasteiger partial charge in [-0.3, -0.25) is 4.79 Å². The fraction of sp³-hybridized carbons (Fsp3) is 0.200. The number of hydrogen-bond donors (Lipinski definition) is 1. The van der Waals surface area contributed by atoms with Gasteiger partial charge in [-0.05, 0) is 28.1 Å². The van der Waals surface area contributed by atoms with Crippen LogP contribution >= 0.6 is 27.3 Å². The summed E-state index contributed by atoms with van der Waals surface area (Å²) in [6.45, 7) is 0.560. The molecule has 0 unspecified atom stereocenters. The van der Waals surface area contributed by atoms with Gasteiger partial charge in [0.05, 0.1) is 5.01 Å². The second kappa shape index (κ2) is 5.27. The summed E-state index contributed by atoms with van der Waals surface area (Å²) in [5.41, 5.74) is 0. The minimum Gasteiger partial charge on any atom is -0.444 e. The molecule has 0 atom stereocenters. The zero-order valence-corrected chi connectivity index (χ0v) is 10.7. The van der Waals surface area contributed by atoms with Crippen molar-refractivity contribution < 1.29 is 9.21 Å². The molecule has 2 heterocycles. The van der Waals surface area contributed by atoms with Gasteiger partial charge < -0.3 is 9.73 Å². The molecule has 0 aliphatic carbocycles. The standard InChI is InChI=1S/C10H9BrN2O2S/c11-8-2-1-7(15-8)10(14)13-4-3-9-12-5-6-16-9/h1-2,5-6H,3-4H2,(H,13,14). The topological polar surface area (TPSA) is 55.1 Å². The van der Waals surface area contributed by atoms with Crippen molar-refractivity contribution in [3.05, 3.63) is 39.1 Å². The zero-order valence-electron chi connectivity index (χ0n) is 8.27. The van der Waals surface area contributed by atoms with Crippen molar-refractivity contribution >= 4 is 33.2 Å². The van der Waals surface area contributed by atoms with E-state index >= 15 is 0 Å². The van der Waals surface area contributed by atoms with E-state index in [9.17, 15) is 4.79 Å². The van der Waals surface area contributed by atoms with Crippen LogP contribution in [0, 0.1) is 0 Å². The summed E-state index contributed by atoms with van der Waals surface area (Å²) in [5.74, 6) is 0.105. The normalized spacial score (nSPS) is 10.3. The predicted molar refractivity (Wildman–Crippen MR) is 64.6 cm³/mol. The summed E-state index contributed by atoms with van der Waals surface area (Å²) < 4.78 is 5.68. The molecule has 2 aromatic rings. The summed E-state index contributed by atoms with van der Waals surface area (Å²) in [5, 5.41) is 5.70. The fourth-order valence-corrected chi connectivity index (χ4v) is 2.11. The second-order valence-corrected chi connectivity index (χ2v) is 4.80. The van der Waals surface area contributed by atoms with Crippen LogP contribution in [0.15, 0.2) is 32.8 Å². The number of carbonyl (C=O) groups is 1. The van der Waals surface area contributed by atoms with Crippen LogP contribution in [0.1, 0.15) is 15.6 Å². The number of thiazole rings is 1. The monoisotopic (exact) mass is 300 g/mol. The summed E-state index contributed by atoms with van der Waals surface area (Å²) in [4.78, 5) is 15.7. The Labute approximate surface area is 105 Å². The van der Waals surface area contributed by atoms with Gasteiger partial charge in [-0.2, -0.15) is 0 Å². The number of furan rings is 1. The van der Waals surface area contributed by atoms with Gasteiger partial charge in [0, 0.05) is 24.5 Å². The van der Waals surface area contributed by atoms with Crippen molar-refractivity contribution in [2.24, 2.45) is 0 Å². The lowest BCUT2D eigenvalue weighted by Crippen LogP contribution is -2.25. The first-order chi connectivity index (χ1) is 7.75. The molecule has 1 N–H and O–H groups in total. The molecule has 84 valence electrons. The quantitative estimate of drug-likeness (QED) is 0.944. The Kier molecular flexibility index (Phi) is 3.74. The predicted octanol–water partition coefficient (Wildman–Crippen LogP) is 2.47. The average molecular weight is 301 g/mol. The fourth-order valence-electron chi connectivity index (χ4n) is 1.18. The molecule has 1 amide bonds. The Bertz CT molecular complexity index is 467. The molecule has 16 heavy (non-hydrogen) atoms. The van der Waals surface area contributed by atoms with E-state index in [-0.39, 0.29) is 5.91 Å². The SMILES string of the molecule is O=C(NCCc1nccs1)c1ccc(Br)o1. The Balaban J connectivity index is 1.80. The molecule has 4 nitrogen and oxygen atoms in total. The van der Waals surface area contributed by atoms with Crippen molar-refractivity contribution in [1.29, 1.82) is 0 Å². The molecule has 6 heteroatoms. The second-order valence-electron chi connectivity index (χ2n) is 3.04. The molecule has 0 saturated heterocycles. The highest BCUT2D eigenvalue weighted by molar-refractivity contribution is 9.10. The van der Waals surface area contributed by atoms with E-state index in [0.717, 1.165) is 11.4 Å². The first kappa shape index (κ1) is 11.3. The first-order valence-electron chi connectivity index (χ1n) is 4.67. The highest BCUT2D eigenvalue weighted by Crippen LogP contribution is 2.13. The van der Waals surface area contributed by atoms with Gasteiger partial charge in [-0.25, -0.2) is 4.98 Å². The number of aromatic nitrogens is 1. The Morgan fingerprint density at radius 3 is 3.06 bits per heavy atom. The highest BCUT2D eigenvalue weighted by Gasteiger charge is 2.09. The molecule has 0 radical (unpaired) electrons. The molecule has 0 fully saturated rings. The van der Waals surface area contributed by atoms with Gasteiger partial charge in [-0.1, -0.05) is 0 Å². The van der Waals surface area contributed by atoms with Gasteiger partial charge in [-0.15, -0.1) is 11.3 Å². The summed E-state index contributed by atoms with van der Waals surface area (Å²) in [6.07, 6.45) is 2.50. The van der Waals surface area contributed by atoms with Crippen LogP contribution in [0.4, 0.5) is 0 Å². The van der Waals surface area contributed by atoms with Gasteiger partial charge in [0.1, 0.15) is 0 Å². The van der Waals surface area contributed by atoms with Crippen LogP contribution in [-0.4, -0.2) is 17.4 Å². The molecule has 0 spiro atoms. The van der Waals surface area contributed by atoms with Crippen LogP contribution in [0.5, 0.6) is 0 Å². The van der Waals surface area contributed by atoms with Crippen LogP contribution in [0.3, 0.4) is 0 Å². The maximum absolute atomic E-state index is 11.5. The van der Waals surface area contributed by atoms with E-state index in [2.05, 4.69) is 26.2 Å². The number of halogens is 1. The maximum atomic E-state index is 11.5. The Hall–Kier alpha value is -1.14. The first-order valence-corrected chi connectivity index (χ1v) is 6.35. The molecule has 0 bridgehead atoms. The van der Waals surface area contributed by atoms with E-state index in [4.69, 9.17) is 4.42 Å². The van der Waals surface area contributed by atoms with Gasteiger partial charge in [0.15, 0.2) is 10.4 Å². The molecule has 0 aliphatic heterocycles. The number of nitrogens with zero attached hydrogens (tertiary/aromatic N) is 1. The van der Waals surface area contributed by atoms with E-state index < -0.39 is 0 Å². The third-order valence-electron chi connectivity index (χ3n) is 1.90. The van der Waals surface area contributed by atoms with Crippen molar-refractivity contribution in [3.8, 4) is 0 Å². The van der Waals surface area contributed by atoms with Crippen LogP contribution in [0.2, 0.25) is 0 Å². The van der Waals surface area contributed by atoms with Gasteiger partial charge >= 0.3 is 0 Å². The van der Waals surface area contributed by atoms with Gasteiger partial charge in [0.2, 0.25) is 0 Å². The third-order valence-corrected chi connectivity index (χ3v) is 3.17. The number of hydrogen-bond acceptors (Lipinski definition) is 4. The maximum Gasteiger partial charge on any atom is 0.287 e. The highest BCUT2D eigenvalue weighted by atomic mass is 79.9. The lowest BCUT2D eigenvalue weighted by molar-refractivity contribution is 0.0925. The summed E-state index contributed by atoms with van der Waals surface area (Å²) in [6, 6.07) is 3.32. The van der Waals surface area contributed by atoms with Crippen molar-refractivity contribution in [1.82, 2.24) is 10.3 Å². The molecule has 0 saturated carbocycles. The van der Waals surface area contributed by atoms with Crippen molar-refractivity contribution in [3.63, 3.8) is 0 Å². The summed E-state index contributed by atoms with van der Waals surface area (Å²) >= 11 is 4.73. The molecule has 2 aromatic heterocycles. The van der Waals surface area contributed by atoms with E-state index in [1.807, 2.05) is 5.38 Å². The number of amides is 1. The van der Waals surface area contributed by atoms with Crippen LogP contribution in [0.25, 0.3) is 0 Å². The number of nitrogens with one attached hydrogen (secondary N) is 1. The van der Waals surface area contributed by atoms with Crippen LogP contribution in [-0.2, 0) is 6.42 Å². The van der Waals surface area contributed by atoms with Crippen LogP contribution < -0.4 is 5.32 Å². The lowest BCUT2D eigenvalue weighted by atomic mass is 10.4. The van der Waals surface area contributed by atoms with Crippen molar-refractivity contribution in [2.75, 3.05) is 6.54 Å². The van der Waals surface area contributed by atoms with E-state index in [1.54, 1.807) is 29.7 Å². The molecule has 0 aromatic carbocycles. The van der Waals surface area contributed by atoms with Crippen molar-refractivity contribution in [2.45, 2.75) is 6.42 Å². The minimum absolute atomic E-state index is 0.206. The Morgan fingerprint density at radius 2 is 2.44 bits per heavy atom. The Morgan fingerprint density at radius 1 is 1.56 bits per heavy atom. The number of rotatable bonds is 4. The lowest BCUT2D eigenvalue weighted by Gasteiger charge is -2.00. The van der Waals surface area contributed by atoms with E-state index in [1.165, 1.54) is 0 Å². The molecular weight excluding hydrogens is 292 g/mol. The summed E-state index contributed by atoms with van der Waals surface area (Å²) in [7, 11) is 0. The average Bonchev–Trinajstić information content (AvgIpc) is 2.89. The third kappa shape index (κ3) is 2.93. The molecule has 2 rings (SSSR count). The molecular formula is C10H9BrN2O2S. The largest absolute Gasteiger partial charge is 0.444 e. The zero-order chi connectivity index (χ0) is 11.4. The number of carbonyl (C=O) groups excluding carboxylic acids is 1. The van der Waals surface area contributed by atoms with E-state index in [0.29, 0.717) is 17.0 Å².